The van der Waals surface area contributed by atoms with E-state index in [1.807, 2.05) is 0 Å². The van der Waals surface area contributed by atoms with E-state index >= 15 is 0 Å². The van der Waals surface area contributed by atoms with Crippen LogP contribution in [-0.2, 0) is 5.54 Å². The SMILES string of the molecule is Cc1ccc(NC(C)(C)c2ccc(C(C)C)cc2)cc1. The van der Waals surface area contributed by atoms with Crippen molar-refractivity contribution in [1.82, 2.24) is 0 Å². The van der Waals surface area contributed by atoms with Gasteiger partial charge in [0.05, 0.1) is 5.54 Å². The summed E-state index contributed by atoms with van der Waals surface area (Å²) in [6.45, 7) is 11.0. The highest BCUT2D eigenvalue weighted by Gasteiger charge is 2.20. The van der Waals surface area contributed by atoms with Crippen LogP contribution in [0.4, 0.5) is 5.69 Å². The van der Waals surface area contributed by atoms with Crippen LogP contribution in [0.2, 0.25) is 0 Å². The van der Waals surface area contributed by atoms with Gasteiger partial charge in [-0.05, 0) is 49.9 Å². The summed E-state index contributed by atoms with van der Waals surface area (Å²) in [5.74, 6) is 0.581. The first kappa shape index (κ1) is 14.6. The summed E-state index contributed by atoms with van der Waals surface area (Å²) in [7, 11) is 0. The molecule has 20 heavy (non-hydrogen) atoms. The second kappa shape index (κ2) is 5.70. The highest BCUT2D eigenvalue weighted by atomic mass is 15.0. The Kier molecular flexibility index (Phi) is 4.17. The predicted octanol–water partition coefficient (Wildman–Crippen LogP) is 5.47. The van der Waals surface area contributed by atoms with Crippen molar-refractivity contribution >= 4 is 5.69 Å². The second-order valence-electron chi connectivity index (χ2n) is 6.39. The molecule has 0 aromatic heterocycles. The molecule has 0 spiro atoms. The molecule has 0 bridgehead atoms. The van der Waals surface area contributed by atoms with Crippen LogP contribution in [0.15, 0.2) is 48.5 Å². The normalized spacial score (nSPS) is 11.7. The third kappa shape index (κ3) is 3.41. The molecule has 0 fully saturated rings. The lowest BCUT2D eigenvalue weighted by Crippen LogP contribution is -2.27. The van der Waals surface area contributed by atoms with Gasteiger partial charge in [-0.15, -0.1) is 0 Å². The molecule has 0 radical (unpaired) electrons. The van der Waals surface area contributed by atoms with E-state index in [-0.39, 0.29) is 5.54 Å². The van der Waals surface area contributed by atoms with Crippen LogP contribution >= 0.6 is 0 Å². The summed E-state index contributed by atoms with van der Waals surface area (Å²) in [4.78, 5) is 0. The van der Waals surface area contributed by atoms with Crippen molar-refractivity contribution in [2.24, 2.45) is 0 Å². The predicted molar refractivity (Wildman–Crippen MR) is 88.4 cm³/mol. The molecular weight excluding hydrogens is 242 g/mol. The van der Waals surface area contributed by atoms with Crippen molar-refractivity contribution in [3.05, 3.63) is 65.2 Å². The van der Waals surface area contributed by atoms with Gasteiger partial charge in [0.2, 0.25) is 0 Å². The molecule has 0 unspecified atom stereocenters. The van der Waals surface area contributed by atoms with Crippen LogP contribution in [-0.4, -0.2) is 0 Å². The molecule has 1 heteroatoms. The van der Waals surface area contributed by atoms with Crippen molar-refractivity contribution in [2.45, 2.75) is 46.1 Å². The number of rotatable bonds is 4. The van der Waals surface area contributed by atoms with Gasteiger partial charge >= 0.3 is 0 Å². The fourth-order valence-corrected chi connectivity index (χ4v) is 2.35. The monoisotopic (exact) mass is 267 g/mol. The first-order valence-corrected chi connectivity index (χ1v) is 7.34. The minimum Gasteiger partial charge on any atom is -0.376 e. The number of aryl methyl sites for hydroxylation is 1. The van der Waals surface area contributed by atoms with Crippen molar-refractivity contribution in [1.29, 1.82) is 0 Å². The van der Waals surface area contributed by atoms with Gasteiger partial charge in [0.1, 0.15) is 0 Å². The Morgan fingerprint density at radius 1 is 0.850 bits per heavy atom. The molecule has 0 aliphatic heterocycles. The van der Waals surface area contributed by atoms with Crippen LogP contribution in [0, 0.1) is 6.92 Å². The lowest BCUT2D eigenvalue weighted by Gasteiger charge is -2.28. The molecule has 1 N–H and O–H groups in total. The number of hydrogen-bond acceptors (Lipinski definition) is 1. The van der Waals surface area contributed by atoms with E-state index in [2.05, 4.69) is 88.5 Å². The van der Waals surface area contributed by atoms with Crippen LogP contribution < -0.4 is 5.32 Å². The van der Waals surface area contributed by atoms with Crippen molar-refractivity contribution in [3.8, 4) is 0 Å². The molecule has 0 atom stereocenters. The first-order valence-electron chi connectivity index (χ1n) is 7.34. The summed E-state index contributed by atoms with van der Waals surface area (Å²) in [6, 6.07) is 17.5. The molecule has 0 heterocycles. The van der Waals surface area contributed by atoms with E-state index in [4.69, 9.17) is 0 Å². The van der Waals surface area contributed by atoms with Crippen LogP contribution in [0.5, 0.6) is 0 Å². The fourth-order valence-electron chi connectivity index (χ4n) is 2.35. The molecule has 2 rings (SSSR count). The molecule has 0 aliphatic carbocycles. The average molecular weight is 267 g/mol. The molecule has 0 aliphatic rings. The quantitative estimate of drug-likeness (QED) is 0.775. The van der Waals surface area contributed by atoms with Crippen LogP contribution in [0.1, 0.15) is 50.3 Å². The van der Waals surface area contributed by atoms with E-state index in [9.17, 15) is 0 Å². The first-order chi connectivity index (χ1) is 9.38. The Labute approximate surface area is 123 Å². The van der Waals surface area contributed by atoms with Gasteiger partial charge in [-0.1, -0.05) is 55.8 Å². The van der Waals surface area contributed by atoms with E-state index in [1.165, 1.54) is 16.7 Å². The highest BCUT2D eigenvalue weighted by Crippen LogP contribution is 2.27. The maximum atomic E-state index is 3.61. The topological polar surface area (TPSA) is 12.0 Å². The highest BCUT2D eigenvalue weighted by molar-refractivity contribution is 5.48. The third-order valence-electron chi connectivity index (χ3n) is 3.81. The van der Waals surface area contributed by atoms with Crippen molar-refractivity contribution in [3.63, 3.8) is 0 Å². The summed E-state index contributed by atoms with van der Waals surface area (Å²) in [5, 5.41) is 3.61. The maximum absolute atomic E-state index is 3.61. The van der Waals surface area contributed by atoms with Gasteiger partial charge in [0, 0.05) is 5.69 Å². The van der Waals surface area contributed by atoms with Gasteiger partial charge < -0.3 is 5.32 Å². The minimum atomic E-state index is -0.0786. The largest absolute Gasteiger partial charge is 0.376 e. The fraction of sp³-hybridized carbons (Fsp3) is 0.368. The van der Waals surface area contributed by atoms with Gasteiger partial charge in [-0.3, -0.25) is 0 Å². The smallest absolute Gasteiger partial charge is 0.0569 e. The lowest BCUT2D eigenvalue weighted by molar-refractivity contribution is 0.609. The number of nitrogens with one attached hydrogen (secondary N) is 1. The van der Waals surface area contributed by atoms with E-state index < -0.39 is 0 Å². The average Bonchev–Trinajstić information content (AvgIpc) is 2.41. The van der Waals surface area contributed by atoms with E-state index in [0.29, 0.717) is 5.92 Å². The number of hydrogen-bond donors (Lipinski definition) is 1. The van der Waals surface area contributed by atoms with Crippen molar-refractivity contribution < 1.29 is 0 Å². The zero-order valence-corrected chi connectivity index (χ0v) is 13.2. The van der Waals surface area contributed by atoms with Gasteiger partial charge in [-0.25, -0.2) is 0 Å². The van der Waals surface area contributed by atoms with Gasteiger partial charge in [-0.2, -0.15) is 0 Å². The molecule has 1 nitrogen and oxygen atoms in total. The van der Waals surface area contributed by atoms with Crippen molar-refractivity contribution in [2.75, 3.05) is 5.32 Å². The maximum Gasteiger partial charge on any atom is 0.0569 e. The van der Waals surface area contributed by atoms with E-state index in [0.717, 1.165) is 5.69 Å². The third-order valence-corrected chi connectivity index (χ3v) is 3.81. The molecule has 0 saturated heterocycles. The molecular formula is C19H25N. The lowest BCUT2D eigenvalue weighted by atomic mass is 9.91. The Hall–Kier alpha value is -1.76. The Balaban J connectivity index is 2.18. The van der Waals surface area contributed by atoms with Gasteiger partial charge in [0.15, 0.2) is 0 Å². The molecule has 106 valence electrons. The number of anilines is 1. The minimum absolute atomic E-state index is 0.0786. The van der Waals surface area contributed by atoms with Crippen LogP contribution in [0.3, 0.4) is 0 Å². The second-order valence-corrected chi connectivity index (χ2v) is 6.39. The Bertz CT molecular complexity index is 547. The number of benzene rings is 2. The summed E-state index contributed by atoms with van der Waals surface area (Å²) >= 11 is 0. The molecule has 2 aromatic carbocycles. The summed E-state index contributed by atoms with van der Waals surface area (Å²) in [5.41, 5.74) is 5.07. The Morgan fingerprint density at radius 2 is 1.40 bits per heavy atom. The Morgan fingerprint density at radius 3 is 1.90 bits per heavy atom. The molecule has 0 amide bonds. The van der Waals surface area contributed by atoms with E-state index in [1.54, 1.807) is 0 Å². The molecule has 0 saturated carbocycles. The molecule has 2 aromatic rings. The zero-order valence-electron chi connectivity index (χ0n) is 13.2. The summed E-state index contributed by atoms with van der Waals surface area (Å²) < 4.78 is 0. The summed E-state index contributed by atoms with van der Waals surface area (Å²) in [6.07, 6.45) is 0. The van der Waals surface area contributed by atoms with Gasteiger partial charge in [0.25, 0.3) is 0 Å². The standard InChI is InChI=1S/C19H25N/c1-14(2)16-8-10-17(11-9-16)19(4,5)20-18-12-6-15(3)7-13-18/h6-14,20H,1-5H3. The van der Waals surface area contributed by atoms with Crippen LogP contribution in [0.25, 0.3) is 0 Å². The zero-order chi connectivity index (χ0) is 14.8.